The molecule has 0 spiro atoms. The van der Waals surface area contributed by atoms with Crippen LogP contribution >= 0.6 is 11.6 Å². The third kappa shape index (κ3) is 13.3. The number of nitro benzene ring substituents is 1. The van der Waals surface area contributed by atoms with Gasteiger partial charge in [0, 0.05) is 98.8 Å². The van der Waals surface area contributed by atoms with Crippen molar-refractivity contribution in [1.82, 2.24) is 34.7 Å². The Morgan fingerprint density at radius 1 is 0.917 bits per heavy atom. The quantitative estimate of drug-likeness (QED) is 0.0241. The number of imide groups is 1. The van der Waals surface area contributed by atoms with Crippen LogP contribution in [0.1, 0.15) is 115 Å². The number of allylic oxidation sites excluding steroid dienone is 1. The SMILES string of the molecule is CC1(C)CCC(CN2CCN(c3ccc(C(=O)NS(=O)(=O)c4ccc(NCC5CCCN(CCCCCc6cccc7c6CN(C6CCC(=O)NC6=O)C7=O)C5)c([N+](=O)[O-])c4)c(Oc4cnc5[nH]ccc5c4)c3)CC2)=C(c2ccc(Cl)cc2)C1. The van der Waals surface area contributed by atoms with Gasteiger partial charge < -0.3 is 29.7 Å². The molecule has 4 aliphatic heterocycles. The second kappa shape index (κ2) is 24.9. The van der Waals surface area contributed by atoms with Crippen LogP contribution in [0.4, 0.5) is 17.1 Å². The number of hydrogen-bond acceptors (Lipinski definition) is 14. The van der Waals surface area contributed by atoms with Crippen LogP contribution in [0.5, 0.6) is 11.5 Å². The molecule has 84 heavy (non-hydrogen) atoms. The number of fused-ring (bicyclic) bond motifs is 2. The van der Waals surface area contributed by atoms with Crippen molar-refractivity contribution in [2.45, 2.75) is 102 Å². The summed E-state index contributed by atoms with van der Waals surface area (Å²) in [7, 11) is -4.63. The number of unbranched alkanes of at least 4 members (excludes halogenated alkanes) is 2. The van der Waals surface area contributed by atoms with Crippen LogP contribution in [-0.4, -0.2) is 127 Å². The van der Waals surface area contributed by atoms with Crippen LogP contribution in [0.25, 0.3) is 16.6 Å². The standard InChI is InChI=1S/C63H71ClN10O9S/c1-63(2)24-22-45(52(35-63)43-12-14-46(64)15-13-43)39-71-28-30-72(31-29-71)47-16-18-51(57(33-47)83-48-32-44-23-25-65-59(44)67-37-48)60(76)69-84(81,82)49-17-19-54(56(34-49)74(79)80)66-36-41-8-7-27-70(38-41)26-5-3-4-9-42-10-6-11-50-53(42)40-73(62(50)78)55-20-21-58(75)68-61(55)77/h6,10-19,23,25,32-34,37,41,55,66H,3-5,7-9,20-22,24,26-31,35-36,38-40H2,1-2H3,(H,65,67)(H,69,76)(H,68,75,77). The van der Waals surface area contributed by atoms with E-state index in [-0.39, 0.29) is 46.6 Å². The van der Waals surface area contributed by atoms with Gasteiger partial charge in [0.15, 0.2) is 0 Å². The molecule has 2 aromatic heterocycles. The predicted molar refractivity (Wildman–Crippen MR) is 323 cm³/mol. The molecule has 19 nitrogen and oxygen atoms in total. The second-order valence-corrected chi connectivity index (χ2v) is 25.9. The van der Waals surface area contributed by atoms with Crippen molar-refractivity contribution in [3.8, 4) is 11.5 Å². The number of nitrogens with zero attached hydrogens (tertiary/aromatic N) is 6. The minimum Gasteiger partial charge on any atom is -0.455 e. The first kappa shape index (κ1) is 58.1. The minimum absolute atomic E-state index is 0.0540. The molecule has 1 aliphatic carbocycles. The van der Waals surface area contributed by atoms with Crippen molar-refractivity contribution in [2.24, 2.45) is 11.3 Å². The van der Waals surface area contributed by atoms with Gasteiger partial charge in [0.25, 0.3) is 27.5 Å². The Morgan fingerprint density at radius 3 is 2.54 bits per heavy atom. The summed E-state index contributed by atoms with van der Waals surface area (Å²) >= 11 is 6.27. The molecular weight excluding hydrogens is 1110 g/mol. The Kier molecular flexibility index (Phi) is 17.2. The Hall–Kier alpha value is -7.65. The lowest BCUT2D eigenvalue weighted by molar-refractivity contribution is -0.384. The Morgan fingerprint density at radius 2 is 1.74 bits per heavy atom. The molecule has 440 valence electrons. The third-order valence-electron chi connectivity index (χ3n) is 17.3. The number of nitro groups is 1. The number of likely N-dealkylation sites (tertiary alicyclic amines) is 1. The molecule has 4 amide bonds. The van der Waals surface area contributed by atoms with E-state index in [2.05, 4.69) is 66.0 Å². The monoisotopic (exact) mass is 1180 g/mol. The molecule has 2 atom stereocenters. The summed E-state index contributed by atoms with van der Waals surface area (Å²) in [6, 6.07) is 25.6. The molecule has 0 saturated carbocycles. The van der Waals surface area contributed by atoms with E-state index < -0.39 is 43.4 Å². The zero-order valence-corrected chi connectivity index (χ0v) is 49.0. The number of sulfonamides is 1. The fourth-order valence-electron chi connectivity index (χ4n) is 12.7. The average Bonchev–Trinajstić information content (AvgIpc) is 3.06. The Bertz CT molecular complexity index is 3650. The zero-order valence-electron chi connectivity index (χ0n) is 47.5. The summed E-state index contributed by atoms with van der Waals surface area (Å²) in [5, 5.41) is 19.6. The number of pyridine rings is 1. The number of anilines is 2. The fraction of sp³-hybridized carbons (Fsp3) is 0.413. The van der Waals surface area contributed by atoms with Gasteiger partial charge in [-0.1, -0.05) is 61.7 Å². The largest absolute Gasteiger partial charge is 0.455 e. The molecular formula is C63H71ClN10O9S. The van der Waals surface area contributed by atoms with Crippen molar-refractivity contribution >= 4 is 78.9 Å². The highest BCUT2D eigenvalue weighted by atomic mass is 35.5. The van der Waals surface area contributed by atoms with Gasteiger partial charge in [0.1, 0.15) is 28.9 Å². The predicted octanol–water partition coefficient (Wildman–Crippen LogP) is 10.1. The van der Waals surface area contributed by atoms with Crippen molar-refractivity contribution in [2.75, 3.05) is 69.1 Å². The van der Waals surface area contributed by atoms with Crippen molar-refractivity contribution in [3.63, 3.8) is 0 Å². The topological polar surface area (TPSA) is 233 Å². The number of carbonyl (C=O) groups is 4. The highest BCUT2D eigenvalue weighted by Crippen LogP contribution is 2.44. The van der Waals surface area contributed by atoms with Gasteiger partial charge in [-0.05, 0) is 159 Å². The van der Waals surface area contributed by atoms with Crippen LogP contribution in [-0.2, 0) is 32.6 Å². The number of amides is 4. The van der Waals surface area contributed by atoms with E-state index in [1.165, 1.54) is 35.0 Å². The summed E-state index contributed by atoms with van der Waals surface area (Å²) in [4.78, 5) is 79.5. The summed E-state index contributed by atoms with van der Waals surface area (Å²) in [6.45, 7) is 12.0. The van der Waals surface area contributed by atoms with Crippen LogP contribution in [0.3, 0.4) is 0 Å². The molecule has 21 heteroatoms. The summed E-state index contributed by atoms with van der Waals surface area (Å²) in [5.41, 5.74) is 8.10. The van der Waals surface area contributed by atoms with Gasteiger partial charge in [0.05, 0.1) is 21.6 Å². The molecule has 4 N–H and O–H groups in total. The Labute approximate surface area is 494 Å². The van der Waals surface area contributed by atoms with Gasteiger partial charge in [-0.25, -0.2) is 18.1 Å². The number of aromatic amines is 1. The van der Waals surface area contributed by atoms with E-state index in [0.29, 0.717) is 49.6 Å². The first-order valence-corrected chi connectivity index (χ1v) is 31.1. The number of hydrogen-bond donors (Lipinski definition) is 4. The maximum Gasteiger partial charge on any atom is 0.293 e. The van der Waals surface area contributed by atoms with Crippen LogP contribution < -0.4 is 25.0 Å². The van der Waals surface area contributed by atoms with E-state index >= 15 is 0 Å². The summed E-state index contributed by atoms with van der Waals surface area (Å²) in [5.74, 6) is -1.23. The third-order valence-corrected chi connectivity index (χ3v) is 18.9. The van der Waals surface area contributed by atoms with Crippen LogP contribution in [0.2, 0.25) is 5.02 Å². The van der Waals surface area contributed by atoms with Crippen molar-refractivity contribution in [1.29, 1.82) is 0 Å². The van der Waals surface area contributed by atoms with Crippen LogP contribution in [0.15, 0.2) is 114 Å². The first-order valence-electron chi connectivity index (χ1n) is 29.2. The van der Waals surface area contributed by atoms with E-state index in [0.717, 1.165) is 130 Å². The lowest BCUT2D eigenvalue weighted by Gasteiger charge is -2.39. The number of halogens is 1. The maximum absolute atomic E-state index is 14.2. The van der Waals surface area contributed by atoms with Crippen molar-refractivity contribution < 1.29 is 37.3 Å². The van der Waals surface area contributed by atoms with Crippen molar-refractivity contribution in [3.05, 3.63) is 152 Å². The number of rotatable bonds is 20. The molecule has 6 heterocycles. The average molecular weight is 1180 g/mol. The smallest absolute Gasteiger partial charge is 0.293 e. The zero-order chi connectivity index (χ0) is 58.7. The summed E-state index contributed by atoms with van der Waals surface area (Å²) < 4.78 is 36.6. The lowest BCUT2D eigenvalue weighted by Crippen LogP contribution is -2.52. The van der Waals surface area contributed by atoms with E-state index in [9.17, 15) is 37.7 Å². The van der Waals surface area contributed by atoms with Gasteiger partial charge in [-0.2, -0.15) is 0 Å². The van der Waals surface area contributed by atoms with Gasteiger partial charge in [-0.3, -0.25) is 39.5 Å². The van der Waals surface area contributed by atoms with Gasteiger partial charge in [0.2, 0.25) is 11.8 Å². The van der Waals surface area contributed by atoms with Crippen LogP contribution in [0, 0.1) is 21.4 Å². The molecule has 5 aliphatic rings. The molecule has 11 rings (SSSR count). The summed E-state index contributed by atoms with van der Waals surface area (Å²) in [6.07, 6.45) is 12.5. The molecule has 6 aromatic rings. The number of piperazine rings is 1. The molecule has 0 radical (unpaired) electrons. The number of H-pyrrole nitrogens is 1. The van der Waals surface area contributed by atoms with E-state index in [1.54, 1.807) is 35.4 Å². The number of carbonyl (C=O) groups excluding carboxylic acids is 4. The molecule has 0 bridgehead atoms. The highest BCUT2D eigenvalue weighted by Gasteiger charge is 2.40. The maximum atomic E-state index is 14.2. The fourth-order valence-corrected chi connectivity index (χ4v) is 13.8. The highest BCUT2D eigenvalue weighted by molar-refractivity contribution is 7.90. The number of ether oxygens (including phenoxy) is 1. The Balaban J connectivity index is 0.699. The molecule has 3 saturated heterocycles. The lowest BCUT2D eigenvalue weighted by atomic mass is 9.72. The normalized spacial score (nSPS) is 19.6. The minimum atomic E-state index is -4.63. The van der Waals surface area contributed by atoms with E-state index in [4.69, 9.17) is 16.3 Å². The number of aryl methyl sites for hydroxylation is 1. The van der Waals surface area contributed by atoms with Gasteiger partial charge in [-0.15, -0.1) is 0 Å². The molecule has 3 fully saturated rings. The second-order valence-electron chi connectivity index (χ2n) is 23.8. The molecule has 2 unspecified atom stereocenters. The number of piperidine rings is 2. The number of aromatic nitrogens is 2. The first-order chi connectivity index (χ1) is 40.4. The molecule has 4 aromatic carbocycles. The van der Waals surface area contributed by atoms with E-state index in [1.807, 2.05) is 36.4 Å². The number of benzene rings is 4. The number of nitrogens with one attached hydrogen (secondary N) is 4. The van der Waals surface area contributed by atoms with Gasteiger partial charge >= 0.3 is 0 Å².